The summed E-state index contributed by atoms with van der Waals surface area (Å²) >= 11 is 3.55. The third-order valence-corrected chi connectivity index (χ3v) is 5.65. The molecule has 27 heavy (non-hydrogen) atoms. The maximum absolute atomic E-state index is 12.6. The number of amides is 2. The maximum Gasteiger partial charge on any atom is 0.319 e. The largest absolute Gasteiger partial charge is 0.497 e. The van der Waals surface area contributed by atoms with Gasteiger partial charge >= 0.3 is 6.03 Å². The molecular formula is C21H22BrN3O2. The van der Waals surface area contributed by atoms with Crippen molar-refractivity contribution in [2.75, 3.05) is 12.4 Å². The van der Waals surface area contributed by atoms with Gasteiger partial charge in [0.05, 0.1) is 13.2 Å². The highest BCUT2D eigenvalue weighted by molar-refractivity contribution is 9.10. The molecule has 6 heteroatoms. The Hall–Kier alpha value is -2.47. The molecule has 0 bridgehead atoms. The molecule has 1 aliphatic carbocycles. The van der Waals surface area contributed by atoms with Crippen LogP contribution in [0.5, 0.6) is 5.75 Å². The second-order valence-corrected chi connectivity index (χ2v) is 7.85. The van der Waals surface area contributed by atoms with Crippen LogP contribution in [0.4, 0.5) is 10.5 Å². The number of aryl methyl sites for hydroxylation is 2. The number of rotatable bonds is 3. The van der Waals surface area contributed by atoms with Crippen LogP contribution in [-0.2, 0) is 6.42 Å². The summed E-state index contributed by atoms with van der Waals surface area (Å²) < 4.78 is 6.29. The van der Waals surface area contributed by atoms with Crippen LogP contribution in [0.1, 0.15) is 35.7 Å². The zero-order valence-electron chi connectivity index (χ0n) is 15.4. The van der Waals surface area contributed by atoms with E-state index in [1.54, 1.807) is 7.11 Å². The number of carbonyl (C=O) groups excluding carboxylic acids is 1. The molecule has 3 N–H and O–H groups in total. The monoisotopic (exact) mass is 427 g/mol. The second-order valence-electron chi connectivity index (χ2n) is 6.93. The summed E-state index contributed by atoms with van der Waals surface area (Å²) in [5.41, 5.74) is 5.29. The number of benzene rings is 2. The van der Waals surface area contributed by atoms with Gasteiger partial charge in [-0.2, -0.15) is 0 Å². The molecule has 2 amide bonds. The van der Waals surface area contributed by atoms with Gasteiger partial charge in [-0.05, 0) is 73.7 Å². The molecule has 0 saturated heterocycles. The van der Waals surface area contributed by atoms with Crippen LogP contribution in [0.3, 0.4) is 0 Å². The van der Waals surface area contributed by atoms with Gasteiger partial charge in [0.25, 0.3) is 0 Å². The molecule has 5 nitrogen and oxygen atoms in total. The van der Waals surface area contributed by atoms with Gasteiger partial charge in [-0.15, -0.1) is 0 Å². The number of hydrogen-bond acceptors (Lipinski definition) is 2. The van der Waals surface area contributed by atoms with Gasteiger partial charge in [-0.3, -0.25) is 0 Å². The third-order valence-electron chi connectivity index (χ3n) is 5.16. The van der Waals surface area contributed by atoms with Crippen LogP contribution in [0, 0.1) is 6.92 Å². The van der Waals surface area contributed by atoms with Crippen molar-refractivity contribution >= 4 is 38.6 Å². The predicted octanol–water partition coefficient (Wildman–Crippen LogP) is 5.45. The van der Waals surface area contributed by atoms with E-state index < -0.39 is 0 Å². The number of halogens is 1. The molecule has 0 aliphatic heterocycles. The SMILES string of the molecule is COc1ccc(NC(=O)NC2CCCc3c2[nH]c2ccc(Br)cc32)c(C)c1. The topological polar surface area (TPSA) is 66.2 Å². The lowest BCUT2D eigenvalue weighted by atomic mass is 9.92. The summed E-state index contributed by atoms with van der Waals surface area (Å²) in [4.78, 5) is 16.1. The average Bonchev–Trinajstić information content (AvgIpc) is 3.02. The van der Waals surface area contributed by atoms with Crippen molar-refractivity contribution in [1.82, 2.24) is 10.3 Å². The van der Waals surface area contributed by atoms with Crippen LogP contribution in [-0.4, -0.2) is 18.1 Å². The smallest absolute Gasteiger partial charge is 0.319 e. The van der Waals surface area contributed by atoms with Crippen LogP contribution in [0.15, 0.2) is 40.9 Å². The van der Waals surface area contributed by atoms with Crippen LogP contribution in [0.25, 0.3) is 10.9 Å². The van der Waals surface area contributed by atoms with Gasteiger partial charge in [0, 0.05) is 26.8 Å². The summed E-state index contributed by atoms with van der Waals surface area (Å²) in [6.45, 7) is 1.95. The number of H-pyrrole nitrogens is 1. The number of ether oxygens (including phenoxy) is 1. The van der Waals surface area contributed by atoms with Gasteiger partial charge in [-0.1, -0.05) is 15.9 Å². The van der Waals surface area contributed by atoms with Gasteiger partial charge in [-0.25, -0.2) is 4.79 Å². The predicted molar refractivity (Wildman–Crippen MR) is 112 cm³/mol. The Balaban J connectivity index is 1.54. The van der Waals surface area contributed by atoms with Crippen molar-refractivity contribution in [2.24, 2.45) is 0 Å². The molecule has 1 atom stereocenters. The molecule has 3 aromatic rings. The molecule has 1 aromatic heterocycles. The number of urea groups is 1. The van der Waals surface area contributed by atoms with E-state index in [9.17, 15) is 4.79 Å². The zero-order valence-corrected chi connectivity index (χ0v) is 16.9. The van der Waals surface area contributed by atoms with Gasteiger partial charge in [0.15, 0.2) is 0 Å². The Morgan fingerprint density at radius 2 is 2.11 bits per heavy atom. The number of carbonyl (C=O) groups is 1. The quantitative estimate of drug-likeness (QED) is 0.520. The molecule has 140 valence electrons. The maximum atomic E-state index is 12.6. The third kappa shape index (κ3) is 3.54. The van der Waals surface area contributed by atoms with Crippen molar-refractivity contribution in [1.29, 1.82) is 0 Å². The molecule has 0 radical (unpaired) electrons. The Kier molecular flexibility index (Phi) is 4.83. The van der Waals surface area contributed by atoms with E-state index in [2.05, 4.69) is 43.7 Å². The highest BCUT2D eigenvalue weighted by Crippen LogP contribution is 2.35. The van der Waals surface area contributed by atoms with E-state index >= 15 is 0 Å². The molecule has 1 aliphatic rings. The van der Waals surface area contributed by atoms with Crippen molar-refractivity contribution < 1.29 is 9.53 Å². The van der Waals surface area contributed by atoms with E-state index in [-0.39, 0.29) is 12.1 Å². The average molecular weight is 428 g/mol. The molecule has 0 saturated carbocycles. The second kappa shape index (κ2) is 7.27. The Labute approximate surface area is 166 Å². The minimum Gasteiger partial charge on any atom is -0.497 e. The molecule has 2 aromatic carbocycles. The van der Waals surface area contributed by atoms with Gasteiger partial charge < -0.3 is 20.4 Å². The minimum absolute atomic E-state index is 0.0153. The van der Waals surface area contributed by atoms with Crippen molar-refractivity contribution in [3.63, 3.8) is 0 Å². The van der Waals surface area contributed by atoms with E-state index in [0.717, 1.165) is 51.9 Å². The zero-order chi connectivity index (χ0) is 19.0. The van der Waals surface area contributed by atoms with E-state index in [0.29, 0.717) is 0 Å². The summed E-state index contributed by atoms with van der Waals surface area (Å²) in [6.07, 6.45) is 3.01. The molecule has 4 rings (SSSR count). The Morgan fingerprint density at radius 1 is 1.26 bits per heavy atom. The number of aromatic nitrogens is 1. The summed E-state index contributed by atoms with van der Waals surface area (Å²) in [5.74, 6) is 0.777. The molecule has 1 unspecified atom stereocenters. The van der Waals surface area contributed by atoms with Crippen LogP contribution < -0.4 is 15.4 Å². The highest BCUT2D eigenvalue weighted by atomic mass is 79.9. The van der Waals surface area contributed by atoms with E-state index in [1.165, 1.54) is 10.9 Å². The van der Waals surface area contributed by atoms with Gasteiger partial charge in [0.2, 0.25) is 0 Å². The standard InChI is InChI=1S/C21H22BrN3O2/c1-12-10-14(27-2)7-9-17(12)24-21(26)25-19-5-3-4-15-16-11-13(22)6-8-18(16)23-20(15)19/h6-11,19,23H,3-5H2,1-2H3,(H2,24,25,26). The highest BCUT2D eigenvalue weighted by Gasteiger charge is 2.25. The lowest BCUT2D eigenvalue weighted by Gasteiger charge is -2.24. The molecule has 0 spiro atoms. The van der Waals surface area contributed by atoms with Crippen molar-refractivity contribution in [3.8, 4) is 5.75 Å². The first-order valence-corrected chi connectivity index (χ1v) is 9.86. The number of methoxy groups -OCH3 is 1. The van der Waals surface area contributed by atoms with Crippen LogP contribution >= 0.6 is 15.9 Å². The van der Waals surface area contributed by atoms with Crippen molar-refractivity contribution in [3.05, 3.63) is 57.7 Å². The van der Waals surface area contributed by atoms with Crippen LogP contribution in [0.2, 0.25) is 0 Å². The van der Waals surface area contributed by atoms with E-state index in [4.69, 9.17) is 4.74 Å². The fraction of sp³-hybridized carbons (Fsp3) is 0.286. The van der Waals surface area contributed by atoms with Crippen molar-refractivity contribution in [2.45, 2.75) is 32.2 Å². The Morgan fingerprint density at radius 3 is 2.89 bits per heavy atom. The first-order chi connectivity index (χ1) is 13.0. The summed E-state index contributed by atoms with van der Waals surface area (Å²) in [5, 5.41) is 7.32. The first kappa shape index (κ1) is 17.9. The minimum atomic E-state index is -0.194. The fourth-order valence-electron chi connectivity index (χ4n) is 3.80. The summed E-state index contributed by atoms with van der Waals surface area (Å²) in [7, 11) is 1.63. The fourth-order valence-corrected chi connectivity index (χ4v) is 4.16. The first-order valence-electron chi connectivity index (χ1n) is 9.07. The normalized spacial score (nSPS) is 16.0. The lowest BCUT2D eigenvalue weighted by Crippen LogP contribution is -2.34. The van der Waals surface area contributed by atoms with E-state index in [1.807, 2.05) is 31.2 Å². The molecule has 0 fully saturated rings. The number of fused-ring (bicyclic) bond motifs is 3. The summed E-state index contributed by atoms with van der Waals surface area (Å²) in [6, 6.07) is 11.7. The Bertz CT molecular complexity index is 1010. The number of nitrogens with one attached hydrogen (secondary N) is 3. The van der Waals surface area contributed by atoms with Gasteiger partial charge in [0.1, 0.15) is 5.75 Å². The number of hydrogen-bond donors (Lipinski definition) is 3. The molecule has 1 heterocycles. The number of aromatic amines is 1. The number of anilines is 1. The molecular weight excluding hydrogens is 406 g/mol. The lowest BCUT2D eigenvalue weighted by molar-refractivity contribution is 0.247.